The molecule has 0 heterocycles. The van der Waals surface area contributed by atoms with E-state index in [4.69, 9.17) is 19.6 Å². The van der Waals surface area contributed by atoms with Gasteiger partial charge in [0.25, 0.3) is 0 Å². The van der Waals surface area contributed by atoms with Crippen LogP contribution >= 0.6 is 15.2 Å². The van der Waals surface area contributed by atoms with E-state index in [0.717, 1.165) is 12.1 Å². The van der Waals surface area contributed by atoms with Crippen LogP contribution in [0.2, 0.25) is 0 Å². The maximum absolute atomic E-state index is 14.1. The van der Waals surface area contributed by atoms with Crippen LogP contribution in [-0.2, 0) is 14.3 Å². The van der Waals surface area contributed by atoms with Crippen LogP contribution in [0.1, 0.15) is 11.1 Å². The molecule has 0 fully saturated rings. The Morgan fingerprint density at radius 1 is 1.00 bits per heavy atom. The van der Waals surface area contributed by atoms with Gasteiger partial charge in [-0.15, -0.1) is 0 Å². The molecule has 1 aromatic carbocycles. The third-order valence-corrected chi connectivity index (χ3v) is 5.81. The van der Waals surface area contributed by atoms with Crippen molar-refractivity contribution in [2.24, 2.45) is 0 Å². The molecule has 0 radical (unpaired) electrons. The van der Waals surface area contributed by atoms with Crippen molar-refractivity contribution < 1.29 is 33.1 Å². The highest BCUT2D eigenvalue weighted by Crippen LogP contribution is 2.75. The molecule has 0 saturated carbocycles. The van der Waals surface area contributed by atoms with E-state index in [2.05, 4.69) is 0 Å². The van der Waals surface area contributed by atoms with Crippen LogP contribution in [0.4, 0.5) is 4.39 Å². The van der Waals surface area contributed by atoms with E-state index in [1.807, 2.05) is 0 Å². The predicted octanol–water partition coefficient (Wildman–Crippen LogP) is 1.43. The summed E-state index contributed by atoms with van der Waals surface area (Å²) in [5.74, 6) is 0. The zero-order valence-corrected chi connectivity index (χ0v) is 10.5. The monoisotopic (exact) mass is 284 g/mol. The van der Waals surface area contributed by atoms with E-state index in [9.17, 15) is 13.5 Å². The van der Waals surface area contributed by atoms with Crippen LogP contribution < -0.4 is 0 Å². The van der Waals surface area contributed by atoms with Crippen LogP contribution in [-0.4, -0.2) is 19.6 Å². The molecule has 0 aliphatic heterocycles. The molecule has 0 atom stereocenters. The second-order valence-electron chi connectivity index (χ2n) is 3.54. The van der Waals surface area contributed by atoms with E-state index < -0.39 is 25.9 Å². The molecule has 0 aliphatic carbocycles. The topological polar surface area (TPSA) is 115 Å². The van der Waals surface area contributed by atoms with Gasteiger partial charge in [-0.3, -0.25) is 9.13 Å². The van der Waals surface area contributed by atoms with Crippen LogP contribution in [0, 0.1) is 6.92 Å². The summed E-state index contributed by atoms with van der Waals surface area (Å²) in [6, 6.07) is 4.48. The minimum absolute atomic E-state index is 0.660. The fourth-order valence-electron chi connectivity index (χ4n) is 1.27. The first-order chi connectivity index (χ1) is 7.50. The molecule has 0 bridgehead atoms. The lowest BCUT2D eigenvalue weighted by atomic mass is 10.2. The molecular weight excluding hydrogens is 273 g/mol. The maximum Gasteiger partial charge on any atom is 0.379 e. The Morgan fingerprint density at radius 3 is 1.65 bits per heavy atom. The molecule has 9 heteroatoms. The van der Waals surface area contributed by atoms with Gasteiger partial charge in [-0.1, -0.05) is 29.8 Å². The number of hydrogen-bond acceptors (Lipinski definition) is 2. The predicted molar refractivity (Wildman–Crippen MR) is 58.1 cm³/mol. The Balaban J connectivity index is 3.52. The lowest BCUT2D eigenvalue weighted by Gasteiger charge is -2.27. The van der Waals surface area contributed by atoms with Gasteiger partial charge >= 0.3 is 20.3 Å². The van der Waals surface area contributed by atoms with Crippen LogP contribution in [0.3, 0.4) is 0 Å². The van der Waals surface area contributed by atoms with E-state index in [1.165, 1.54) is 12.1 Å². The normalized spacial score (nSPS) is 13.8. The van der Waals surface area contributed by atoms with E-state index in [0.29, 0.717) is 5.56 Å². The number of hydrogen-bond donors (Lipinski definition) is 4. The van der Waals surface area contributed by atoms with Crippen molar-refractivity contribution in [3.8, 4) is 0 Å². The summed E-state index contributed by atoms with van der Waals surface area (Å²) in [6.45, 7) is 1.64. The number of rotatable bonds is 3. The number of aryl methyl sites for hydroxylation is 1. The van der Waals surface area contributed by atoms with Gasteiger partial charge in [0, 0.05) is 5.56 Å². The zero-order valence-electron chi connectivity index (χ0n) is 8.69. The molecule has 0 aromatic heterocycles. The van der Waals surface area contributed by atoms with Crippen LogP contribution in [0.15, 0.2) is 24.3 Å². The quantitative estimate of drug-likeness (QED) is 0.624. The first-order valence-electron chi connectivity index (χ1n) is 4.37. The van der Waals surface area contributed by atoms with Crippen LogP contribution in [0.5, 0.6) is 0 Å². The van der Waals surface area contributed by atoms with Gasteiger partial charge in [0.1, 0.15) is 0 Å². The Kier molecular flexibility index (Phi) is 3.65. The van der Waals surface area contributed by atoms with Crippen molar-refractivity contribution in [2.45, 2.75) is 12.1 Å². The summed E-state index contributed by atoms with van der Waals surface area (Å²) >= 11 is 0. The van der Waals surface area contributed by atoms with Gasteiger partial charge in [0.15, 0.2) is 0 Å². The van der Waals surface area contributed by atoms with Gasteiger partial charge in [-0.2, -0.15) is 0 Å². The summed E-state index contributed by atoms with van der Waals surface area (Å²) in [5, 5.41) is -4.01. The van der Waals surface area contributed by atoms with Crippen LogP contribution in [0.25, 0.3) is 0 Å². The Bertz CT molecular complexity index is 479. The largest absolute Gasteiger partial charge is 0.379 e. The van der Waals surface area contributed by atoms with Gasteiger partial charge in [-0.25, -0.2) is 4.39 Å². The molecule has 1 rings (SSSR count). The second-order valence-corrected chi connectivity index (χ2v) is 7.30. The molecule has 6 nitrogen and oxygen atoms in total. The SMILES string of the molecule is Cc1ccc(C(F)(P(=O)(O)O)P(=O)(O)O)cc1. The fraction of sp³-hybridized carbons (Fsp3) is 0.250. The average molecular weight is 284 g/mol. The highest BCUT2D eigenvalue weighted by Gasteiger charge is 2.63. The Labute approximate surface area is 96.4 Å². The molecule has 0 saturated heterocycles. The third kappa shape index (κ3) is 2.50. The maximum atomic E-state index is 14.1. The third-order valence-electron chi connectivity index (χ3n) is 2.19. The number of alkyl halides is 1. The first kappa shape index (κ1) is 14.5. The highest BCUT2D eigenvalue weighted by molar-refractivity contribution is 7.71. The summed E-state index contributed by atoms with van der Waals surface area (Å²) < 4.78 is 36.2. The van der Waals surface area contributed by atoms with Gasteiger partial charge in [0.05, 0.1) is 0 Å². The van der Waals surface area contributed by atoms with Crippen molar-refractivity contribution >= 4 is 15.2 Å². The first-order valence-corrected chi connectivity index (χ1v) is 7.60. The molecule has 4 N–H and O–H groups in total. The molecular formula is C8H11FO6P2. The second kappa shape index (κ2) is 4.28. The van der Waals surface area contributed by atoms with Crippen molar-refractivity contribution in [1.29, 1.82) is 0 Å². The average Bonchev–Trinajstić information content (AvgIpc) is 2.14. The number of halogens is 1. The van der Waals surface area contributed by atoms with Gasteiger partial charge in [0.2, 0.25) is 0 Å². The molecule has 17 heavy (non-hydrogen) atoms. The van der Waals surface area contributed by atoms with Gasteiger partial charge in [-0.05, 0) is 6.92 Å². The summed E-state index contributed by atoms with van der Waals surface area (Å²) in [6.07, 6.45) is 0. The molecule has 0 aliphatic rings. The minimum Gasteiger partial charge on any atom is -0.321 e. The van der Waals surface area contributed by atoms with E-state index in [1.54, 1.807) is 6.92 Å². The van der Waals surface area contributed by atoms with E-state index in [-0.39, 0.29) is 0 Å². The standard InChI is InChI=1S/C8H11FO6P2/c1-6-2-4-7(5-3-6)8(9,16(10,11)12)17(13,14)15/h2-5H,1H3,(H2,10,11,12)(H2,13,14,15). The van der Waals surface area contributed by atoms with Crippen molar-refractivity contribution in [1.82, 2.24) is 0 Å². The molecule has 0 unspecified atom stereocenters. The highest BCUT2D eigenvalue weighted by atomic mass is 31.2. The summed E-state index contributed by atoms with van der Waals surface area (Å²) in [7, 11) is -11.4. The minimum atomic E-state index is -5.68. The fourth-order valence-corrected chi connectivity index (χ4v) is 3.60. The van der Waals surface area contributed by atoms with Gasteiger partial charge < -0.3 is 19.6 Å². The molecule has 0 spiro atoms. The van der Waals surface area contributed by atoms with Crippen molar-refractivity contribution in [3.63, 3.8) is 0 Å². The molecule has 96 valence electrons. The Hall–Kier alpha value is -0.550. The zero-order chi connectivity index (χ0) is 13.5. The molecule has 0 amide bonds. The lowest BCUT2D eigenvalue weighted by Crippen LogP contribution is -2.20. The lowest BCUT2D eigenvalue weighted by molar-refractivity contribution is 0.224. The van der Waals surface area contributed by atoms with E-state index >= 15 is 0 Å². The smallest absolute Gasteiger partial charge is 0.321 e. The summed E-state index contributed by atoms with van der Waals surface area (Å²) in [5.41, 5.74) is -0.0858. The van der Waals surface area contributed by atoms with Crippen molar-refractivity contribution in [3.05, 3.63) is 35.4 Å². The Morgan fingerprint density at radius 2 is 1.35 bits per heavy atom. The summed E-state index contributed by atoms with van der Waals surface area (Å²) in [4.78, 5) is 35.4. The molecule has 1 aromatic rings. The van der Waals surface area contributed by atoms with Crippen molar-refractivity contribution in [2.75, 3.05) is 0 Å². The number of benzene rings is 1.